The fraction of sp³-hybridized carbons (Fsp3) is 0.909. The van der Waals surface area contributed by atoms with Crippen LogP contribution in [0.1, 0.15) is 34.1 Å². The lowest BCUT2D eigenvalue weighted by Gasteiger charge is -2.27. The number of nitrogens with two attached hydrogens (primary N) is 2. The van der Waals surface area contributed by atoms with Crippen LogP contribution in [-0.2, 0) is 4.79 Å². The van der Waals surface area contributed by atoms with Crippen molar-refractivity contribution >= 4 is 5.91 Å². The van der Waals surface area contributed by atoms with Gasteiger partial charge in [0.25, 0.3) is 0 Å². The van der Waals surface area contributed by atoms with Crippen LogP contribution in [0, 0.1) is 5.92 Å². The maximum absolute atomic E-state index is 11.7. The minimum Gasteiger partial charge on any atom is -0.344 e. The lowest BCUT2D eigenvalue weighted by molar-refractivity contribution is -0.134. The average Bonchev–Trinajstić information content (AvgIpc) is 2.10. The van der Waals surface area contributed by atoms with Crippen LogP contribution in [0.4, 0.5) is 0 Å². The molecule has 1 amide bonds. The quantitative estimate of drug-likeness (QED) is 0.703. The molecule has 90 valence electrons. The molecule has 4 heteroatoms. The third-order valence-electron chi connectivity index (χ3n) is 2.55. The predicted molar refractivity (Wildman–Crippen MR) is 63.3 cm³/mol. The highest BCUT2D eigenvalue weighted by molar-refractivity contribution is 5.84. The summed E-state index contributed by atoms with van der Waals surface area (Å²) in [5.41, 5.74) is 10.8. The number of amides is 1. The van der Waals surface area contributed by atoms with E-state index in [1.807, 2.05) is 0 Å². The fourth-order valence-electron chi connectivity index (χ4n) is 1.27. The average molecular weight is 215 g/mol. The van der Waals surface area contributed by atoms with Crippen molar-refractivity contribution in [1.82, 2.24) is 4.90 Å². The third-order valence-corrected chi connectivity index (χ3v) is 2.55. The Labute approximate surface area is 93.0 Å². The molecular weight excluding hydrogens is 190 g/mol. The Morgan fingerprint density at radius 1 is 1.40 bits per heavy atom. The molecule has 15 heavy (non-hydrogen) atoms. The number of rotatable bonds is 5. The van der Waals surface area contributed by atoms with Crippen LogP contribution < -0.4 is 11.5 Å². The van der Waals surface area contributed by atoms with E-state index in [0.717, 1.165) is 6.42 Å². The molecule has 0 heterocycles. The van der Waals surface area contributed by atoms with Gasteiger partial charge in [0.2, 0.25) is 5.91 Å². The summed E-state index contributed by atoms with van der Waals surface area (Å²) >= 11 is 0. The first-order chi connectivity index (χ1) is 6.66. The van der Waals surface area contributed by atoms with E-state index in [1.165, 1.54) is 0 Å². The van der Waals surface area contributed by atoms with Crippen LogP contribution in [0.15, 0.2) is 0 Å². The molecule has 0 spiro atoms. The normalized spacial score (nSPS) is 14.1. The number of nitrogens with zero attached hydrogens (tertiary/aromatic N) is 1. The Kier molecular flexibility index (Phi) is 5.24. The molecule has 0 radical (unpaired) electrons. The van der Waals surface area contributed by atoms with Gasteiger partial charge in [-0.25, -0.2) is 0 Å². The maximum atomic E-state index is 11.7. The zero-order valence-electron chi connectivity index (χ0n) is 10.6. The monoisotopic (exact) mass is 215 g/mol. The molecule has 1 atom stereocenters. The molecule has 0 saturated heterocycles. The van der Waals surface area contributed by atoms with Crippen molar-refractivity contribution in [2.75, 3.05) is 13.6 Å². The largest absolute Gasteiger partial charge is 0.344 e. The van der Waals surface area contributed by atoms with Crippen molar-refractivity contribution < 1.29 is 4.79 Å². The molecule has 0 rings (SSSR count). The molecule has 4 nitrogen and oxygen atoms in total. The second kappa shape index (κ2) is 5.47. The molecule has 0 aliphatic heterocycles. The van der Waals surface area contributed by atoms with E-state index in [1.54, 1.807) is 25.8 Å². The van der Waals surface area contributed by atoms with Crippen LogP contribution in [0.5, 0.6) is 0 Å². The summed E-state index contributed by atoms with van der Waals surface area (Å²) in [4.78, 5) is 13.4. The summed E-state index contributed by atoms with van der Waals surface area (Å²) < 4.78 is 0. The molecule has 0 aliphatic carbocycles. The molecule has 1 unspecified atom stereocenters. The van der Waals surface area contributed by atoms with Crippen LogP contribution >= 0.6 is 0 Å². The van der Waals surface area contributed by atoms with Crippen molar-refractivity contribution in [3.05, 3.63) is 0 Å². The zero-order chi connectivity index (χ0) is 12.2. The zero-order valence-corrected chi connectivity index (χ0v) is 10.6. The second-order valence-corrected chi connectivity index (χ2v) is 5.14. The summed E-state index contributed by atoms with van der Waals surface area (Å²) in [5, 5.41) is 0. The van der Waals surface area contributed by atoms with Gasteiger partial charge in [0.1, 0.15) is 0 Å². The highest BCUT2D eigenvalue weighted by Gasteiger charge is 2.25. The number of carbonyl (C=O) groups is 1. The number of carbonyl (C=O) groups excluding carboxylic acids is 1. The highest BCUT2D eigenvalue weighted by atomic mass is 16.2. The van der Waals surface area contributed by atoms with Crippen LogP contribution in [-0.4, -0.2) is 36.0 Å². The molecule has 0 aliphatic rings. The van der Waals surface area contributed by atoms with Crippen molar-refractivity contribution in [1.29, 1.82) is 0 Å². The van der Waals surface area contributed by atoms with Gasteiger partial charge in [0.05, 0.1) is 5.54 Å². The van der Waals surface area contributed by atoms with Gasteiger partial charge in [-0.05, 0) is 26.2 Å². The first-order valence-corrected chi connectivity index (χ1v) is 5.46. The molecule has 0 aromatic carbocycles. The van der Waals surface area contributed by atoms with Gasteiger partial charge in [-0.2, -0.15) is 0 Å². The Bertz CT molecular complexity index is 208. The lowest BCUT2D eigenvalue weighted by Crippen LogP contribution is -2.50. The lowest BCUT2D eigenvalue weighted by atomic mass is 10.0. The summed E-state index contributed by atoms with van der Waals surface area (Å²) in [6.07, 6.45) is 0.815. The van der Waals surface area contributed by atoms with Crippen LogP contribution in [0.25, 0.3) is 0 Å². The van der Waals surface area contributed by atoms with E-state index in [-0.39, 0.29) is 11.9 Å². The first-order valence-electron chi connectivity index (χ1n) is 5.46. The maximum Gasteiger partial charge on any atom is 0.241 e. The molecule has 0 aromatic rings. The van der Waals surface area contributed by atoms with Gasteiger partial charge >= 0.3 is 0 Å². The second-order valence-electron chi connectivity index (χ2n) is 5.14. The summed E-state index contributed by atoms with van der Waals surface area (Å²) in [7, 11) is 1.77. The summed E-state index contributed by atoms with van der Waals surface area (Å²) in [5.74, 6) is 0.401. The molecule has 0 bridgehead atoms. The Morgan fingerprint density at radius 2 is 1.87 bits per heavy atom. The highest BCUT2D eigenvalue weighted by Crippen LogP contribution is 2.07. The van der Waals surface area contributed by atoms with Gasteiger partial charge in [0.15, 0.2) is 0 Å². The molecule has 0 aromatic heterocycles. The Balaban J connectivity index is 4.05. The van der Waals surface area contributed by atoms with Gasteiger partial charge in [-0.15, -0.1) is 0 Å². The molecule has 0 saturated carbocycles. The molecular formula is C11H25N3O. The summed E-state index contributed by atoms with van der Waals surface area (Å²) in [6.45, 7) is 8.26. The minimum atomic E-state index is -0.795. The standard InChI is InChI=1S/C11H25N3O/c1-8(2)9(12)6-7-14(5)10(15)11(3,4)13/h8-9H,6-7,12-13H2,1-5H3. The van der Waals surface area contributed by atoms with E-state index in [0.29, 0.717) is 12.5 Å². The van der Waals surface area contributed by atoms with Crippen molar-refractivity contribution in [3.8, 4) is 0 Å². The number of hydrogen-bond acceptors (Lipinski definition) is 3. The predicted octanol–water partition coefficient (Wildman–Crippen LogP) is 0.556. The van der Waals surface area contributed by atoms with E-state index >= 15 is 0 Å². The van der Waals surface area contributed by atoms with E-state index in [2.05, 4.69) is 13.8 Å². The van der Waals surface area contributed by atoms with Crippen molar-refractivity contribution in [2.45, 2.75) is 45.7 Å². The summed E-state index contributed by atoms with van der Waals surface area (Å²) in [6, 6.07) is 0.140. The topological polar surface area (TPSA) is 72.3 Å². The van der Waals surface area contributed by atoms with Gasteiger partial charge in [0, 0.05) is 19.6 Å². The van der Waals surface area contributed by atoms with E-state index in [4.69, 9.17) is 11.5 Å². The third kappa shape index (κ3) is 5.14. The molecule has 0 fully saturated rings. The Hall–Kier alpha value is -0.610. The number of hydrogen-bond donors (Lipinski definition) is 2. The molecule has 4 N–H and O–H groups in total. The van der Waals surface area contributed by atoms with E-state index in [9.17, 15) is 4.79 Å². The number of likely N-dealkylation sites (N-methyl/N-ethyl adjacent to an activating group) is 1. The first kappa shape index (κ1) is 14.4. The fourth-order valence-corrected chi connectivity index (χ4v) is 1.27. The SMILES string of the molecule is CC(C)C(N)CCN(C)C(=O)C(C)(C)N. The van der Waals surface area contributed by atoms with Crippen LogP contribution in [0.3, 0.4) is 0 Å². The van der Waals surface area contributed by atoms with Gasteiger partial charge < -0.3 is 16.4 Å². The van der Waals surface area contributed by atoms with Crippen molar-refractivity contribution in [2.24, 2.45) is 17.4 Å². The van der Waals surface area contributed by atoms with Gasteiger partial charge in [-0.3, -0.25) is 4.79 Å². The Morgan fingerprint density at radius 3 is 2.20 bits per heavy atom. The minimum absolute atomic E-state index is 0.0431. The van der Waals surface area contributed by atoms with Crippen LogP contribution in [0.2, 0.25) is 0 Å². The van der Waals surface area contributed by atoms with Gasteiger partial charge in [-0.1, -0.05) is 13.8 Å². The smallest absolute Gasteiger partial charge is 0.241 e. The van der Waals surface area contributed by atoms with E-state index < -0.39 is 5.54 Å². The van der Waals surface area contributed by atoms with Crippen molar-refractivity contribution in [3.63, 3.8) is 0 Å².